The Morgan fingerprint density at radius 1 is 0.905 bits per heavy atom. The number of nitrogens with one attached hydrogen (secondary N) is 1. The molecule has 0 aromatic heterocycles. The van der Waals surface area contributed by atoms with Crippen molar-refractivity contribution < 1.29 is 19.3 Å². The molecular formula is C33H24N4O5. The first kappa shape index (κ1) is 25.5. The number of rotatable bonds is 5. The monoisotopic (exact) mass is 556 g/mol. The second kappa shape index (κ2) is 9.31. The van der Waals surface area contributed by atoms with Crippen LogP contribution in [0.5, 0.6) is 0 Å². The molecule has 4 aromatic carbocycles. The van der Waals surface area contributed by atoms with E-state index in [0.29, 0.717) is 5.56 Å². The highest BCUT2D eigenvalue weighted by molar-refractivity contribution is 6.25. The summed E-state index contributed by atoms with van der Waals surface area (Å²) < 4.78 is 0. The molecule has 9 nitrogen and oxygen atoms in total. The molecule has 2 atom stereocenters. The Morgan fingerprint density at radius 2 is 1.55 bits per heavy atom. The maximum Gasteiger partial charge on any atom is 0.293 e. The van der Waals surface area contributed by atoms with Gasteiger partial charge in [-0.05, 0) is 47.4 Å². The number of carbonyl (C=O) groups excluding carboxylic acids is 3. The smallest absolute Gasteiger partial charge is 0.274 e. The Balaban J connectivity index is 1.41. The quantitative estimate of drug-likeness (QED) is 0.163. The molecule has 3 aliphatic carbocycles. The lowest BCUT2D eigenvalue weighted by Crippen LogP contribution is -2.54. The van der Waals surface area contributed by atoms with Crippen LogP contribution < -0.4 is 10.3 Å². The third-order valence-corrected chi connectivity index (χ3v) is 8.72. The Kier molecular flexibility index (Phi) is 5.65. The molecule has 0 spiro atoms. The van der Waals surface area contributed by atoms with E-state index in [0.717, 1.165) is 32.7 Å². The van der Waals surface area contributed by atoms with Crippen molar-refractivity contribution in [3.63, 3.8) is 0 Å². The van der Waals surface area contributed by atoms with E-state index in [1.165, 1.54) is 18.2 Å². The highest BCUT2D eigenvalue weighted by Crippen LogP contribution is 2.63. The minimum absolute atomic E-state index is 0.0562. The van der Waals surface area contributed by atoms with Gasteiger partial charge in [-0.2, -0.15) is 5.10 Å². The van der Waals surface area contributed by atoms with E-state index in [-0.39, 0.29) is 11.4 Å². The van der Waals surface area contributed by atoms with Crippen molar-refractivity contribution in [1.29, 1.82) is 0 Å². The Labute approximate surface area is 240 Å². The van der Waals surface area contributed by atoms with Crippen LogP contribution in [0.3, 0.4) is 0 Å². The van der Waals surface area contributed by atoms with E-state index in [1.54, 1.807) is 30.5 Å². The van der Waals surface area contributed by atoms with Crippen LogP contribution >= 0.6 is 0 Å². The van der Waals surface area contributed by atoms with Gasteiger partial charge in [-0.25, -0.2) is 10.3 Å². The third-order valence-electron chi connectivity index (χ3n) is 8.72. The number of nitro groups is 1. The molecule has 42 heavy (non-hydrogen) atoms. The molecule has 3 amide bonds. The molecule has 1 N–H and O–H groups in total. The number of carbonyl (C=O) groups is 3. The summed E-state index contributed by atoms with van der Waals surface area (Å²) in [5.41, 5.74) is 5.79. The third kappa shape index (κ3) is 3.43. The van der Waals surface area contributed by atoms with Crippen LogP contribution in [0.15, 0.2) is 102 Å². The molecule has 8 rings (SSSR count). The maximum atomic E-state index is 14.4. The number of hydrogen-bond acceptors (Lipinski definition) is 6. The van der Waals surface area contributed by atoms with Gasteiger partial charge in [-0.3, -0.25) is 24.5 Å². The summed E-state index contributed by atoms with van der Waals surface area (Å²) in [6.07, 6.45) is 1.57. The van der Waals surface area contributed by atoms with E-state index in [1.807, 2.05) is 61.5 Å². The van der Waals surface area contributed by atoms with Gasteiger partial charge in [0, 0.05) is 23.8 Å². The van der Waals surface area contributed by atoms with E-state index in [9.17, 15) is 24.5 Å². The lowest BCUT2D eigenvalue weighted by Gasteiger charge is -2.52. The molecule has 4 aliphatic rings. The Hall–Kier alpha value is -5.44. The standard InChI is InChI=1S/C33H24N4O5/c1-19-9-8-10-20(17-19)30(38)35-34-18-33-23-13-4-2-11-21(23)27(22-12-3-5-14-24(22)33)28-29(33)32(40)36(31(28)39)25-15-6-7-16-26(25)37(41)42/h2-18,27-29H,1H3,(H,35,38)/b34-18+/t27?,28-,29-,33?/m1/s1. The zero-order valence-electron chi connectivity index (χ0n) is 22.4. The molecule has 4 aromatic rings. The second-order valence-corrected chi connectivity index (χ2v) is 10.9. The molecule has 1 aliphatic heterocycles. The molecular weight excluding hydrogens is 532 g/mol. The van der Waals surface area contributed by atoms with Crippen LogP contribution in [0.2, 0.25) is 0 Å². The summed E-state index contributed by atoms with van der Waals surface area (Å²) in [7, 11) is 0. The van der Waals surface area contributed by atoms with Gasteiger partial charge in [0.1, 0.15) is 5.69 Å². The minimum Gasteiger partial charge on any atom is -0.274 e. The maximum absolute atomic E-state index is 14.4. The van der Waals surface area contributed by atoms with Crippen molar-refractivity contribution >= 4 is 35.3 Å². The van der Waals surface area contributed by atoms with Gasteiger partial charge in [0.15, 0.2) is 0 Å². The van der Waals surface area contributed by atoms with Crippen LogP contribution in [0, 0.1) is 28.9 Å². The lowest BCUT2D eigenvalue weighted by atomic mass is 9.47. The fourth-order valence-electron chi connectivity index (χ4n) is 7.14. The average molecular weight is 557 g/mol. The van der Waals surface area contributed by atoms with Gasteiger partial charge >= 0.3 is 0 Å². The molecule has 2 bridgehead atoms. The zero-order valence-corrected chi connectivity index (χ0v) is 22.4. The van der Waals surface area contributed by atoms with Crippen LogP contribution in [0.4, 0.5) is 11.4 Å². The van der Waals surface area contributed by atoms with Crippen molar-refractivity contribution in [3.05, 3.63) is 141 Å². The minimum atomic E-state index is -1.21. The summed E-state index contributed by atoms with van der Waals surface area (Å²) >= 11 is 0. The molecule has 1 saturated heterocycles. The number of nitrogens with zero attached hydrogens (tertiary/aromatic N) is 3. The topological polar surface area (TPSA) is 122 Å². The molecule has 1 fully saturated rings. The molecule has 0 radical (unpaired) electrons. The van der Waals surface area contributed by atoms with Crippen molar-refractivity contribution in [2.45, 2.75) is 18.3 Å². The first-order chi connectivity index (χ1) is 20.3. The summed E-state index contributed by atoms with van der Waals surface area (Å²) in [6.45, 7) is 1.89. The number of amides is 3. The van der Waals surface area contributed by atoms with Crippen LogP contribution in [0.1, 0.15) is 44.1 Å². The van der Waals surface area contributed by atoms with Gasteiger partial charge in [0.25, 0.3) is 11.6 Å². The summed E-state index contributed by atoms with van der Waals surface area (Å²) in [6, 6.07) is 28.2. The van der Waals surface area contributed by atoms with Crippen LogP contribution in [-0.2, 0) is 15.0 Å². The van der Waals surface area contributed by atoms with E-state index in [4.69, 9.17) is 0 Å². The van der Waals surface area contributed by atoms with Gasteiger partial charge in [0.2, 0.25) is 11.8 Å². The number of anilines is 1. The lowest BCUT2D eigenvalue weighted by molar-refractivity contribution is -0.384. The molecule has 1 heterocycles. The average Bonchev–Trinajstić information content (AvgIpc) is 3.27. The van der Waals surface area contributed by atoms with Gasteiger partial charge in [0.05, 0.1) is 22.2 Å². The fourth-order valence-corrected chi connectivity index (χ4v) is 7.14. The summed E-state index contributed by atoms with van der Waals surface area (Å²) in [5, 5.41) is 16.3. The van der Waals surface area contributed by atoms with Crippen molar-refractivity contribution in [1.82, 2.24) is 5.43 Å². The summed E-state index contributed by atoms with van der Waals surface area (Å²) in [5.74, 6) is -3.62. The first-order valence-corrected chi connectivity index (χ1v) is 13.6. The number of hydrogen-bond donors (Lipinski definition) is 1. The highest BCUT2D eigenvalue weighted by Gasteiger charge is 2.68. The van der Waals surface area contributed by atoms with E-state index >= 15 is 0 Å². The van der Waals surface area contributed by atoms with Crippen LogP contribution in [0.25, 0.3) is 0 Å². The first-order valence-electron chi connectivity index (χ1n) is 13.6. The van der Waals surface area contributed by atoms with Gasteiger partial charge in [-0.1, -0.05) is 78.4 Å². The molecule has 0 unspecified atom stereocenters. The largest absolute Gasteiger partial charge is 0.293 e. The SMILES string of the molecule is Cc1cccc(C(=O)N/N=C/C23c4ccccc4C(c4ccccc42)[C@H]2C(=O)N(c4ccccc4[N+](=O)[O-])C(=O)[C@@H]23)c1. The van der Waals surface area contributed by atoms with Gasteiger partial charge in [-0.15, -0.1) is 0 Å². The number of imide groups is 1. The van der Waals surface area contributed by atoms with E-state index in [2.05, 4.69) is 10.5 Å². The predicted molar refractivity (Wildman–Crippen MR) is 155 cm³/mol. The Bertz CT molecular complexity index is 1820. The number of hydrazone groups is 1. The normalized spacial score (nSPS) is 23.5. The number of para-hydroxylation sites is 2. The molecule has 206 valence electrons. The van der Waals surface area contributed by atoms with Crippen molar-refractivity contribution in [2.75, 3.05) is 4.90 Å². The van der Waals surface area contributed by atoms with Crippen molar-refractivity contribution in [2.24, 2.45) is 16.9 Å². The highest BCUT2D eigenvalue weighted by atomic mass is 16.6. The molecule has 9 heteroatoms. The van der Waals surface area contributed by atoms with E-state index < -0.39 is 45.8 Å². The zero-order chi connectivity index (χ0) is 29.2. The number of benzene rings is 4. The number of nitro benzene ring substituents is 1. The second-order valence-electron chi connectivity index (χ2n) is 10.9. The predicted octanol–water partition coefficient (Wildman–Crippen LogP) is 4.87. The fraction of sp³-hybridized carbons (Fsp3) is 0.152. The van der Waals surface area contributed by atoms with Crippen LogP contribution in [-0.4, -0.2) is 28.9 Å². The number of aryl methyl sites for hydroxylation is 1. The van der Waals surface area contributed by atoms with Gasteiger partial charge < -0.3 is 0 Å². The Morgan fingerprint density at radius 3 is 2.21 bits per heavy atom. The summed E-state index contributed by atoms with van der Waals surface area (Å²) in [4.78, 5) is 54.0. The molecule has 0 saturated carbocycles. The van der Waals surface area contributed by atoms with Crippen molar-refractivity contribution in [3.8, 4) is 0 Å².